The van der Waals surface area contributed by atoms with E-state index in [9.17, 15) is 4.79 Å². The van der Waals surface area contributed by atoms with Crippen molar-refractivity contribution in [1.82, 2.24) is 10.5 Å². The lowest BCUT2D eigenvalue weighted by Gasteiger charge is -2.12. The Labute approximate surface area is 161 Å². The van der Waals surface area contributed by atoms with Crippen molar-refractivity contribution in [3.8, 4) is 28.8 Å². The molecule has 0 spiro atoms. The molecule has 0 radical (unpaired) electrons. The molecule has 0 unspecified atom stereocenters. The summed E-state index contributed by atoms with van der Waals surface area (Å²) in [5.41, 5.74) is 1.31. The highest BCUT2D eigenvalue weighted by Crippen LogP contribution is 2.38. The van der Waals surface area contributed by atoms with Gasteiger partial charge in [-0.05, 0) is 35.9 Å². The molecule has 28 heavy (non-hydrogen) atoms. The van der Waals surface area contributed by atoms with Gasteiger partial charge in [0, 0.05) is 12.1 Å². The van der Waals surface area contributed by atoms with Gasteiger partial charge in [-0.1, -0.05) is 5.16 Å². The lowest BCUT2D eigenvalue weighted by atomic mass is 10.1. The van der Waals surface area contributed by atoms with Crippen molar-refractivity contribution in [1.29, 1.82) is 0 Å². The van der Waals surface area contributed by atoms with Crippen LogP contribution in [-0.4, -0.2) is 32.4 Å². The zero-order valence-corrected chi connectivity index (χ0v) is 15.7. The van der Waals surface area contributed by atoms with Crippen molar-refractivity contribution >= 4 is 12.0 Å². The summed E-state index contributed by atoms with van der Waals surface area (Å²) in [5.74, 6) is 2.31. The number of aromatic nitrogens is 1. The largest absolute Gasteiger partial charge is 0.493 e. The molecule has 2 heterocycles. The van der Waals surface area contributed by atoms with Crippen LogP contribution in [0.15, 0.2) is 51.6 Å². The van der Waals surface area contributed by atoms with E-state index in [4.69, 9.17) is 23.2 Å². The second-order valence-electron chi connectivity index (χ2n) is 5.67. The molecule has 1 N–H and O–H groups in total. The van der Waals surface area contributed by atoms with E-state index >= 15 is 0 Å². The van der Waals surface area contributed by atoms with Gasteiger partial charge in [-0.2, -0.15) is 0 Å². The highest BCUT2D eigenvalue weighted by atomic mass is 16.5. The minimum atomic E-state index is -0.281. The Morgan fingerprint density at radius 1 is 1.11 bits per heavy atom. The van der Waals surface area contributed by atoms with Crippen molar-refractivity contribution < 1.29 is 27.9 Å². The standard InChI is InChI=1S/C20H20N2O6/c1-24-17-9-13(10-18(25-2)20(17)26-3)6-7-19(23)21-12-14-11-16(28-22-14)15-5-4-8-27-15/h4-11H,12H2,1-3H3,(H,21,23). The van der Waals surface area contributed by atoms with Crippen LogP contribution in [0, 0.1) is 0 Å². The van der Waals surface area contributed by atoms with Crippen LogP contribution < -0.4 is 19.5 Å². The summed E-state index contributed by atoms with van der Waals surface area (Å²) in [7, 11) is 4.60. The lowest BCUT2D eigenvalue weighted by molar-refractivity contribution is -0.116. The molecule has 146 valence electrons. The number of ether oxygens (including phenoxy) is 3. The minimum absolute atomic E-state index is 0.225. The first kappa shape index (κ1) is 19.1. The first-order chi connectivity index (χ1) is 13.6. The molecule has 8 heteroatoms. The van der Waals surface area contributed by atoms with Crippen molar-refractivity contribution in [2.75, 3.05) is 21.3 Å². The predicted octanol–water partition coefficient (Wildman–Crippen LogP) is 3.29. The molecular formula is C20H20N2O6. The van der Waals surface area contributed by atoms with Crippen LogP contribution in [0.25, 0.3) is 17.6 Å². The van der Waals surface area contributed by atoms with Crippen LogP contribution in [0.2, 0.25) is 0 Å². The van der Waals surface area contributed by atoms with Crippen molar-refractivity contribution in [2.45, 2.75) is 6.54 Å². The Morgan fingerprint density at radius 3 is 2.46 bits per heavy atom. The maximum atomic E-state index is 12.1. The zero-order valence-electron chi connectivity index (χ0n) is 15.7. The number of carbonyl (C=O) groups excluding carboxylic acids is 1. The second kappa shape index (κ2) is 8.81. The van der Waals surface area contributed by atoms with Gasteiger partial charge in [0.1, 0.15) is 5.69 Å². The van der Waals surface area contributed by atoms with E-state index in [0.29, 0.717) is 34.5 Å². The molecule has 2 aromatic heterocycles. The molecular weight excluding hydrogens is 364 g/mol. The fourth-order valence-corrected chi connectivity index (χ4v) is 2.54. The highest BCUT2D eigenvalue weighted by molar-refractivity contribution is 5.91. The molecule has 8 nitrogen and oxygen atoms in total. The molecule has 3 aromatic rings. The van der Waals surface area contributed by atoms with Crippen molar-refractivity contribution in [2.24, 2.45) is 0 Å². The number of furan rings is 1. The molecule has 3 rings (SSSR count). The van der Waals surface area contributed by atoms with Gasteiger partial charge in [0.05, 0.1) is 34.1 Å². The van der Waals surface area contributed by atoms with Crippen molar-refractivity contribution in [3.05, 3.63) is 53.9 Å². The van der Waals surface area contributed by atoms with Gasteiger partial charge >= 0.3 is 0 Å². The van der Waals surface area contributed by atoms with Crippen LogP contribution in [0.3, 0.4) is 0 Å². The van der Waals surface area contributed by atoms with Crippen LogP contribution in [0.4, 0.5) is 0 Å². The molecule has 0 aliphatic carbocycles. The van der Waals surface area contributed by atoms with E-state index in [-0.39, 0.29) is 12.5 Å². The number of hydrogen-bond acceptors (Lipinski definition) is 7. The number of carbonyl (C=O) groups is 1. The third-order valence-corrected chi connectivity index (χ3v) is 3.88. The number of nitrogens with one attached hydrogen (secondary N) is 1. The molecule has 0 bridgehead atoms. The fourth-order valence-electron chi connectivity index (χ4n) is 2.54. The molecule has 0 saturated heterocycles. The Morgan fingerprint density at radius 2 is 1.86 bits per heavy atom. The van der Waals surface area contributed by atoms with Gasteiger partial charge in [-0.25, -0.2) is 0 Å². The van der Waals surface area contributed by atoms with E-state index < -0.39 is 0 Å². The van der Waals surface area contributed by atoms with Gasteiger partial charge in [0.2, 0.25) is 17.4 Å². The Hall–Kier alpha value is -3.68. The first-order valence-corrected chi connectivity index (χ1v) is 8.40. The number of rotatable bonds is 8. The average Bonchev–Trinajstić information content (AvgIpc) is 3.41. The summed E-state index contributed by atoms with van der Waals surface area (Å²) in [6.07, 6.45) is 4.61. The lowest BCUT2D eigenvalue weighted by Crippen LogP contribution is -2.20. The number of hydrogen-bond donors (Lipinski definition) is 1. The van der Waals surface area contributed by atoms with Crippen LogP contribution in [0.5, 0.6) is 17.2 Å². The topological polar surface area (TPSA) is 96.0 Å². The van der Waals surface area contributed by atoms with Crippen LogP contribution >= 0.6 is 0 Å². The monoisotopic (exact) mass is 384 g/mol. The fraction of sp³-hybridized carbons (Fsp3) is 0.200. The highest BCUT2D eigenvalue weighted by Gasteiger charge is 2.12. The molecule has 0 aliphatic heterocycles. The van der Waals surface area contributed by atoms with Crippen LogP contribution in [-0.2, 0) is 11.3 Å². The molecule has 0 fully saturated rings. The summed E-state index contributed by atoms with van der Waals surface area (Å²) in [4.78, 5) is 12.1. The SMILES string of the molecule is COc1cc(C=CC(=O)NCc2cc(-c3ccco3)on2)cc(OC)c1OC. The molecule has 1 aromatic carbocycles. The molecule has 0 aliphatic rings. The molecule has 0 saturated carbocycles. The van der Waals surface area contributed by atoms with E-state index in [1.54, 1.807) is 42.7 Å². The maximum absolute atomic E-state index is 12.1. The van der Waals surface area contributed by atoms with E-state index in [2.05, 4.69) is 10.5 Å². The minimum Gasteiger partial charge on any atom is -0.493 e. The van der Waals surface area contributed by atoms with Gasteiger partial charge < -0.3 is 28.5 Å². The first-order valence-electron chi connectivity index (χ1n) is 8.40. The van der Waals surface area contributed by atoms with Crippen molar-refractivity contribution in [3.63, 3.8) is 0 Å². The third kappa shape index (κ3) is 4.35. The smallest absolute Gasteiger partial charge is 0.244 e. The number of amides is 1. The third-order valence-electron chi connectivity index (χ3n) is 3.88. The predicted molar refractivity (Wildman–Crippen MR) is 101 cm³/mol. The van der Waals surface area contributed by atoms with Gasteiger partial charge in [0.25, 0.3) is 0 Å². The Balaban J connectivity index is 1.62. The molecule has 0 atom stereocenters. The van der Waals surface area contributed by atoms with Gasteiger partial charge in [-0.15, -0.1) is 0 Å². The summed E-state index contributed by atoms with van der Waals surface area (Å²) >= 11 is 0. The van der Waals surface area contributed by atoms with E-state index in [1.165, 1.54) is 27.4 Å². The second-order valence-corrected chi connectivity index (χ2v) is 5.67. The summed E-state index contributed by atoms with van der Waals surface area (Å²) < 4.78 is 26.3. The van der Waals surface area contributed by atoms with E-state index in [0.717, 1.165) is 5.56 Å². The summed E-state index contributed by atoms with van der Waals surface area (Å²) in [6, 6.07) is 8.73. The van der Waals surface area contributed by atoms with Gasteiger partial charge in [0.15, 0.2) is 17.3 Å². The normalized spacial score (nSPS) is 10.8. The number of nitrogens with zero attached hydrogens (tertiary/aromatic N) is 1. The maximum Gasteiger partial charge on any atom is 0.244 e. The number of methoxy groups -OCH3 is 3. The quantitative estimate of drug-likeness (QED) is 0.595. The Kier molecular flexibility index (Phi) is 6.01. The summed E-state index contributed by atoms with van der Waals surface area (Å²) in [6.45, 7) is 0.225. The van der Waals surface area contributed by atoms with Gasteiger partial charge in [-0.3, -0.25) is 4.79 Å². The molecule has 1 amide bonds. The summed E-state index contributed by atoms with van der Waals surface area (Å²) in [5, 5.41) is 6.65. The Bertz CT molecular complexity index is 934. The average molecular weight is 384 g/mol. The zero-order chi connectivity index (χ0) is 19.9. The number of benzene rings is 1. The van der Waals surface area contributed by atoms with Crippen LogP contribution in [0.1, 0.15) is 11.3 Å². The van der Waals surface area contributed by atoms with E-state index in [1.807, 2.05) is 0 Å².